The van der Waals surface area contributed by atoms with Crippen LogP contribution in [-0.4, -0.2) is 0 Å². The maximum absolute atomic E-state index is 2.42. The van der Waals surface area contributed by atoms with Crippen molar-refractivity contribution in [3.05, 3.63) is 71.8 Å². The van der Waals surface area contributed by atoms with Crippen LogP contribution < -0.4 is 3.11 Å². The third-order valence-corrected chi connectivity index (χ3v) is 5.57. The molecule has 1 aliphatic heterocycles. The highest BCUT2D eigenvalue weighted by atomic mass is 127. The molecule has 0 bridgehead atoms. The van der Waals surface area contributed by atoms with Gasteiger partial charge in [0.25, 0.3) is 0 Å². The fraction of sp³-hybridized carbons (Fsp3) is 0.158. The Morgan fingerprint density at radius 2 is 1.52 bits per heavy atom. The molecule has 0 saturated carbocycles. The maximum Gasteiger partial charge on any atom is 0.0646 e. The lowest BCUT2D eigenvalue weighted by molar-refractivity contribution is 0.642. The molecule has 1 nitrogen and oxygen atoms in total. The highest BCUT2D eigenvalue weighted by Gasteiger charge is 2.36. The van der Waals surface area contributed by atoms with Crippen molar-refractivity contribution in [3.8, 4) is 0 Å². The second-order valence-corrected chi connectivity index (χ2v) is 7.07. The molecule has 0 unspecified atom stereocenters. The van der Waals surface area contributed by atoms with Crippen molar-refractivity contribution in [2.75, 3.05) is 3.11 Å². The predicted molar refractivity (Wildman–Crippen MR) is 98.7 cm³/mol. The van der Waals surface area contributed by atoms with Crippen LogP contribution in [0.3, 0.4) is 0 Å². The van der Waals surface area contributed by atoms with Crippen LogP contribution in [-0.2, 0) is 5.41 Å². The Bertz CT molecular complexity index is 851. The maximum atomic E-state index is 2.42. The minimum absolute atomic E-state index is 0.00839. The first kappa shape index (κ1) is 13.1. The van der Waals surface area contributed by atoms with Gasteiger partial charge in [-0.2, -0.15) is 0 Å². The third-order valence-electron chi connectivity index (χ3n) is 4.53. The van der Waals surface area contributed by atoms with Crippen LogP contribution in [0.1, 0.15) is 25.0 Å². The fourth-order valence-corrected chi connectivity index (χ4v) is 4.34. The Hall–Kier alpha value is -1.55. The number of benzene rings is 3. The van der Waals surface area contributed by atoms with Gasteiger partial charge in [-0.25, -0.2) is 0 Å². The van der Waals surface area contributed by atoms with Crippen molar-refractivity contribution in [2.45, 2.75) is 19.3 Å². The molecule has 0 amide bonds. The van der Waals surface area contributed by atoms with Gasteiger partial charge in [0.05, 0.1) is 34.2 Å². The average Bonchev–Trinajstić information content (AvgIpc) is 2.52. The van der Waals surface area contributed by atoms with Gasteiger partial charge in [0.1, 0.15) is 0 Å². The third kappa shape index (κ3) is 1.75. The van der Waals surface area contributed by atoms with Gasteiger partial charge in [0.2, 0.25) is 0 Å². The minimum atomic E-state index is 0.00839. The Kier molecular flexibility index (Phi) is 2.80. The molecule has 3 aromatic rings. The molecule has 104 valence electrons. The van der Waals surface area contributed by atoms with Crippen LogP contribution >= 0.6 is 22.9 Å². The molecule has 1 aliphatic rings. The summed E-state index contributed by atoms with van der Waals surface area (Å²) in [6.45, 7) is 4.67. The molecular formula is C19H16IN. The normalized spacial score (nSPS) is 15.7. The van der Waals surface area contributed by atoms with Crippen LogP contribution in [0.2, 0.25) is 0 Å². The van der Waals surface area contributed by atoms with Crippen molar-refractivity contribution >= 4 is 45.0 Å². The summed E-state index contributed by atoms with van der Waals surface area (Å²) >= 11 is 2.42. The lowest BCUT2D eigenvalue weighted by Crippen LogP contribution is -2.28. The van der Waals surface area contributed by atoms with Crippen molar-refractivity contribution < 1.29 is 0 Å². The average molecular weight is 385 g/mol. The molecule has 3 aromatic carbocycles. The molecule has 0 saturated heterocycles. The smallest absolute Gasteiger partial charge is 0.0646 e. The van der Waals surface area contributed by atoms with Crippen molar-refractivity contribution in [1.82, 2.24) is 0 Å². The zero-order valence-corrected chi connectivity index (χ0v) is 14.3. The Morgan fingerprint density at radius 1 is 0.810 bits per heavy atom. The summed E-state index contributed by atoms with van der Waals surface area (Å²) in [4.78, 5) is 0. The van der Waals surface area contributed by atoms with E-state index in [1.807, 2.05) is 0 Å². The molecule has 0 radical (unpaired) electrons. The zero-order valence-electron chi connectivity index (χ0n) is 12.1. The van der Waals surface area contributed by atoms with Crippen molar-refractivity contribution in [2.24, 2.45) is 0 Å². The standard InChI is InChI=1S/C19H16IN/c1-19(2)15-9-5-6-10-16(15)21(20)17-12-11-13-7-3-4-8-14(13)18(17)19/h3-12H,1-2H3. The Balaban J connectivity index is 2.14. The molecule has 4 rings (SSSR count). The molecule has 0 fully saturated rings. The highest BCUT2D eigenvalue weighted by molar-refractivity contribution is 14.1. The summed E-state index contributed by atoms with van der Waals surface area (Å²) in [5, 5.41) is 2.67. The van der Waals surface area contributed by atoms with E-state index in [2.05, 4.69) is 100 Å². The summed E-state index contributed by atoms with van der Waals surface area (Å²) in [6.07, 6.45) is 0. The summed E-state index contributed by atoms with van der Waals surface area (Å²) in [7, 11) is 0. The number of fused-ring (bicyclic) bond motifs is 4. The van der Waals surface area contributed by atoms with Gasteiger partial charge < -0.3 is 0 Å². The largest absolute Gasteiger partial charge is 0.282 e. The molecule has 0 spiro atoms. The zero-order chi connectivity index (χ0) is 14.6. The number of para-hydroxylation sites is 1. The van der Waals surface area contributed by atoms with Crippen LogP contribution in [0, 0.1) is 0 Å². The van der Waals surface area contributed by atoms with Crippen LogP contribution in [0.25, 0.3) is 10.8 Å². The van der Waals surface area contributed by atoms with Gasteiger partial charge in [-0.1, -0.05) is 62.4 Å². The van der Waals surface area contributed by atoms with E-state index >= 15 is 0 Å². The number of anilines is 2. The van der Waals surface area contributed by atoms with Gasteiger partial charge in [-0.05, 0) is 34.0 Å². The molecule has 0 aromatic heterocycles. The number of nitrogens with zero attached hydrogens (tertiary/aromatic N) is 1. The summed E-state index contributed by atoms with van der Waals surface area (Å²) in [5.74, 6) is 0. The highest BCUT2D eigenvalue weighted by Crippen LogP contribution is 2.52. The lowest BCUT2D eigenvalue weighted by Gasteiger charge is -2.40. The van der Waals surface area contributed by atoms with Crippen molar-refractivity contribution in [3.63, 3.8) is 0 Å². The van der Waals surface area contributed by atoms with Gasteiger partial charge in [0, 0.05) is 5.41 Å². The molecular weight excluding hydrogens is 369 g/mol. The van der Waals surface area contributed by atoms with Gasteiger partial charge in [-0.3, -0.25) is 3.11 Å². The van der Waals surface area contributed by atoms with E-state index in [4.69, 9.17) is 0 Å². The van der Waals surface area contributed by atoms with E-state index in [1.54, 1.807) is 0 Å². The number of hydrogen-bond acceptors (Lipinski definition) is 1. The Labute approximate surface area is 139 Å². The number of rotatable bonds is 0. The predicted octanol–water partition coefficient (Wildman–Crippen LogP) is 5.97. The van der Waals surface area contributed by atoms with Crippen molar-refractivity contribution in [1.29, 1.82) is 0 Å². The van der Waals surface area contributed by atoms with Gasteiger partial charge >= 0.3 is 0 Å². The van der Waals surface area contributed by atoms with E-state index in [0.29, 0.717) is 0 Å². The van der Waals surface area contributed by atoms with Gasteiger partial charge in [-0.15, -0.1) is 0 Å². The molecule has 0 aliphatic carbocycles. The monoisotopic (exact) mass is 385 g/mol. The van der Waals surface area contributed by atoms with E-state index in [1.165, 1.54) is 33.3 Å². The topological polar surface area (TPSA) is 3.24 Å². The molecule has 21 heavy (non-hydrogen) atoms. The lowest BCUT2D eigenvalue weighted by atomic mass is 9.72. The summed E-state index contributed by atoms with van der Waals surface area (Å²) in [5.41, 5.74) is 5.43. The first-order valence-corrected chi connectivity index (χ1v) is 8.15. The second kappa shape index (κ2) is 4.47. The summed E-state index contributed by atoms with van der Waals surface area (Å²) in [6, 6.07) is 21.9. The second-order valence-electron chi connectivity index (χ2n) is 6.10. The number of halogens is 1. The van der Waals surface area contributed by atoms with E-state index in [0.717, 1.165) is 0 Å². The molecule has 0 N–H and O–H groups in total. The molecule has 2 heteroatoms. The SMILES string of the molecule is CC1(C)c2ccccc2N(I)c2ccc3ccccc3c21. The van der Waals surface area contributed by atoms with Crippen LogP contribution in [0.4, 0.5) is 11.4 Å². The van der Waals surface area contributed by atoms with E-state index in [9.17, 15) is 0 Å². The van der Waals surface area contributed by atoms with E-state index in [-0.39, 0.29) is 5.41 Å². The molecule has 0 atom stereocenters. The number of hydrogen-bond donors (Lipinski definition) is 0. The first-order valence-electron chi connectivity index (χ1n) is 7.18. The summed E-state index contributed by atoms with van der Waals surface area (Å²) < 4.78 is 2.29. The van der Waals surface area contributed by atoms with E-state index < -0.39 is 0 Å². The van der Waals surface area contributed by atoms with Gasteiger partial charge in [0.15, 0.2) is 0 Å². The fourth-order valence-electron chi connectivity index (χ4n) is 3.52. The van der Waals surface area contributed by atoms with Crippen LogP contribution in [0.5, 0.6) is 0 Å². The van der Waals surface area contributed by atoms with Crippen LogP contribution in [0.15, 0.2) is 60.7 Å². The minimum Gasteiger partial charge on any atom is -0.282 e. The first-order chi connectivity index (χ1) is 10.1. The quantitative estimate of drug-likeness (QED) is 0.341. The molecule has 1 heterocycles. The Morgan fingerprint density at radius 3 is 2.38 bits per heavy atom.